The van der Waals surface area contributed by atoms with Crippen molar-refractivity contribution in [2.45, 2.75) is 64.2 Å². The van der Waals surface area contributed by atoms with Crippen LogP contribution in [0.25, 0.3) is 0 Å². The summed E-state index contributed by atoms with van der Waals surface area (Å²) in [6.45, 7) is 1.10. The normalized spacial score (nSPS) is 20.6. The van der Waals surface area contributed by atoms with E-state index < -0.39 is 0 Å². The molecule has 1 N–H and O–H groups in total. The van der Waals surface area contributed by atoms with Gasteiger partial charge in [0, 0.05) is 17.8 Å². The van der Waals surface area contributed by atoms with Crippen LogP contribution in [0, 0.1) is 5.92 Å². The quantitative estimate of drug-likeness (QED) is 0.840. The molecule has 0 bridgehead atoms. The first-order chi connectivity index (χ1) is 9.43. The van der Waals surface area contributed by atoms with Gasteiger partial charge < -0.3 is 5.32 Å². The number of hydrogen-bond donors (Lipinski definition) is 1. The predicted octanol–water partition coefficient (Wildman–Crippen LogP) is 3.74. The van der Waals surface area contributed by atoms with E-state index in [1.165, 1.54) is 62.6 Å². The van der Waals surface area contributed by atoms with Gasteiger partial charge in [-0.15, -0.1) is 0 Å². The van der Waals surface area contributed by atoms with Crippen molar-refractivity contribution in [3.05, 3.63) is 17.6 Å². The number of nitrogens with one attached hydrogen (secondary N) is 1. The number of rotatable bonds is 3. The topological polar surface area (TPSA) is 37.8 Å². The molecule has 2 aliphatic carbocycles. The smallest absolute Gasteiger partial charge is 0.132 e. The van der Waals surface area contributed by atoms with Crippen LogP contribution in [0.3, 0.4) is 0 Å². The first-order valence-electron chi connectivity index (χ1n) is 8.00. The number of aromatic nitrogens is 2. The lowest BCUT2D eigenvalue weighted by Gasteiger charge is -2.22. The molecular formula is C16H25N3. The molecule has 0 spiro atoms. The standard InChI is InChI=1S/C16H25N3/c1-3-7-13(8-4-1)11-17-16-14-9-5-2-6-10-15(14)18-12-19-16/h12-13H,1-11H2,(H,17,18,19). The third-order valence-electron chi connectivity index (χ3n) is 4.66. The lowest BCUT2D eigenvalue weighted by atomic mass is 9.89. The lowest BCUT2D eigenvalue weighted by molar-refractivity contribution is 0.373. The fourth-order valence-electron chi connectivity index (χ4n) is 3.48. The van der Waals surface area contributed by atoms with Crippen LogP contribution in [0.2, 0.25) is 0 Å². The fraction of sp³-hybridized carbons (Fsp3) is 0.750. The molecule has 19 heavy (non-hydrogen) atoms. The minimum Gasteiger partial charge on any atom is -0.369 e. The molecule has 0 atom stereocenters. The van der Waals surface area contributed by atoms with E-state index in [1.54, 1.807) is 6.33 Å². The molecule has 0 saturated heterocycles. The van der Waals surface area contributed by atoms with Crippen molar-refractivity contribution in [3.63, 3.8) is 0 Å². The van der Waals surface area contributed by atoms with E-state index in [-0.39, 0.29) is 0 Å². The van der Waals surface area contributed by atoms with Crippen LogP contribution in [0.4, 0.5) is 5.82 Å². The van der Waals surface area contributed by atoms with Crippen LogP contribution in [-0.2, 0) is 12.8 Å². The molecule has 0 aromatic carbocycles. The van der Waals surface area contributed by atoms with Gasteiger partial charge in [0.1, 0.15) is 12.1 Å². The summed E-state index contributed by atoms with van der Waals surface area (Å²) in [5.74, 6) is 1.97. The summed E-state index contributed by atoms with van der Waals surface area (Å²) in [5.41, 5.74) is 2.69. The van der Waals surface area contributed by atoms with Crippen molar-refractivity contribution in [1.82, 2.24) is 9.97 Å². The highest BCUT2D eigenvalue weighted by Crippen LogP contribution is 2.26. The molecule has 0 unspecified atom stereocenters. The average molecular weight is 259 g/mol. The molecule has 3 nitrogen and oxygen atoms in total. The average Bonchev–Trinajstić information content (AvgIpc) is 2.72. The van der Waals surface area contributed by atoms with E-state index in [0.717, 1.165) is 31.1 Å². The van der Waals surface area contributed by atoms with Gasteiger partial charge in [-0.1, -0.05) is 25.7 Å². The van der Waals surface area contributed by atoms with Gasteiger partial charge in [0.15, 0.2) is 0 Å². The van der Waals surface area contributed by atoms with Crippen molar-refractivity contribution < 1.29 is 0 Å². The second-order valence-corrected chi connectivity index (χ2v) is 6.09. The molecule has 1 aromatic rings. The highest BCUT2D eigenvalue weighted by atomic mass is 15.0. The number of aryl methyl sites for hydroxylation is 1. The van der Waals surface area contributed by atoms with Crippen LogP contribution in [0.1, 0.15) is 62.6 Å². The Kier molecular flexibility index (Phi) is 4.31. The molecule has 0 radical (unpaired) electrons. The Hall–Kier alpha value is -1.12. The van der Waals surface area contributed by atoms with Gasteiger partial charge in [0.25, 0.3) is 0 Å². The number of nitrogens with zero attached hydrogens (tertiary/aromatic N) is 2. The maximum absolute atomic E-state index is 4.50. The van der Waals surface area contributed by atoms with Crippen LogP contribution >= 0.6 is 0 Å². The second-order valence-electron chi connectivity index (χ2n) is 6.09. The molecule has 104 valence electrons. The summed E-state index contributed by atoms with van der Waals surface area (Å²) in [6, 6.07) is 0. The van der Waals surface area contributed by atoms with E-state index in [4.69, 9.17) is 0 Å². The summed E-state index contributed by atoms with van der Waals surface area (Å²) in [5, 5.41) is 3.62. The van der Waals surface area contributed by atoms with Gasteiger partial charge >= 0.3 is 0 Å². The van der Waals surface area contributed by atoms with Gasteiger partial charge in [-0.25, -0.2) is 9.97 Å². The highest BCUT2D eigenvalue weighted by Gasteiger charge is 2.17. The van der Waals surface area contributed by atoms with Crippen LogP contribution in [0.5, 0.6) is 0 Å². The molecule has 2 aliphatic rings. The van der Waals surface area contributed by atoms with Gasteiger partial charge in [-0.3, -0.25) is 0 Å². The Bertz CT molecular complexity index is 410. The Morgan fingerprint density at radius 3 is 2.63 bits per heavy atom. The minimum atomic E-state index is 0.852. The van der Waals surface area contributed by atoms with Crippen molar-refractivity contribution >= 4 is 5.82 Å². The highest BCUT2D eigenvalue weighted by molar-refractivity contribution is 5.46. The lowest BCUT2D eigenvalue weighted by Crippen LogP contribution is -2.19. The second kappa shape index (κ2) is 6.36. The third kappa shape index (κ3) is 3.26. The van der Waals surface area contributed by atoms with Crippen molar-refractivity contribution in [1.29, 1.82) is 0 Å². The summed E-state index contributed by atoms with van der Waals surface area (Å²) in [7, 11) is 0. The maximum Gasteiger partial charge on any atom is 0.132 e. The number of anilines is 1. The Labute approximate surface area is 116 Å². The van der Waals surface area contributed by atoms with E-state index in [2.05, 4.69) is 15.3 Å². The van der Waals surface area contributed by atoms with E-state index in [1.807, 2.05) is 0 Å². The monoisotopic (exact) mass is 259 g/mol. The number of hydrogen-bond acceptors (Lipinski definition) is 3. The van der Waals surface area contributed by atoms with E-state index in [9.17, 15) is 0 Å². The van der Waals surface area contributed by atoms with Crippen molar-refractivity contribution in [2.24, 2.45) is 5.92 Å². The number of fused-ring (bicyclic) bond motifs is 1. The van der Waals surface area contributed by atoms with Crippen LogP contribution in [0.15, 0.2) is 6.33 Å². The first-order valence-corrected chi connectivity index (χ1v) is 8.00. The minimum absolute atomic E-state index is 0.852. The molecule has 1 heterocycles. The van der Waals surface area contributed by atoms with Gasteiger partial charge in [0.05, 0.1) is 0 Å². The third-order valence-corrected chi connectivity index (χ3v) is 4.66. The van der Waals surface area contributed by atoms with Crippen molar-refractivity contribution in [3.8, 4) is 0 Å². The molecule has 1 fully saturated rings. The zero-order valence-electron chi connectivity index (χ0n) is 11.8. The Morgan fingerprint density at radius 1 is 0.947 bits per heavy atom. The Balaban J connectivity index is 1.66. The van der Waals surface area contributed by atoms with Gasteiger partial charge in [-0.05, 0) is 44.4 Å². The molecule has 0 amide bonds. The molecule has 0 aliphatic heterocycles. The molecule has 1 saturated carbocycles. The predicted molar refractivity (Wildman–Crippen MR) is 78.4 cm³/mol. The summed E-state index contributed by atoms with van der Waals surface area (Å²) < 4.78 is 0. The SMILES string of the molecule is c1nc2c(c(NCC3CCCCC3)n1)CCCCC2. The fourth-order valence-corrected chi connectivity index (χ4v) is 3.48. The molecular weight excluding hydrogens is 234 g/mol. The van der Waals surface area contributed by atoms with Crippen LogP contribution < -0.4 is 5.32 Å². The van der Waals surface area contributed by atoms with Crippen molar-refractivity contribution in [2.75, 3.05) is 11.9 Å². The first kappa shape index (κ1) is 12.9. The maximum atomic E-state index is 4.50. The summed E-state index contributed by atoms with van der Waals surface area (Å²) >= 11 is 0. The zero-order chi connectivity index (χ0) is 12.9. The van der Waals surface area contributed by atoms with Crippen LogP contribution in [-0.4, -0.2) is 16.5 Å². The van der Waals surface area contributed by atoms with E-state index >= 15 is 0 Å². The molecule has 1 aromatic heterocycles. The largest absolute Gasteiger partial charge is 0.369 e. The summed E-state index contributed by atoms with van der Waals surface area (Å²) in [6.07, 6.45) is 15.0. The molecule has 3 heteroatoms. The van der Waals surface area contributed by atoms with Gasteiger partial charge in [-0.2, -0.15) is 0 Å². The zero-order valence-corrected chi connectivity index (χ0v) is 11.8. The molecule has 3 rings (SSSR count). The van der Waals surface area contributed by atoms with E-state index in [0.29, 0.717) is 0 Å². The Morgan fingerprint density at radius 2 is 1.74 bits per heavy atom. The van der Waals surface area contributed by atoms with Gasteiger partial charge in [0.2, 0.25) is 0 Å². The summed E-state index contributed by atoms with van der Waals surface area (Å²) in [4.78, 5) is 8.98.